The molecule has 0 bridgehead atoms. The Morgan fingerprint density at radius 1 is 1.50 bits per heavy atom. The van der Waals surface area contributed by atoms with Crippen LogP contribution in [-0.4, -0.2) is 40.4 Å². The first-order valence-corrected chi connectivity index (χ1v) is 5.89. The van der Waals surface area contributed by atoms with Crippen LogP contribution in [0, 0.1) is 5.41 Å². The van der Waals surface area contributed by atoms with Gasteiger partial charge in [-0.25, -0.2) is 4.79 Å². The van der Waals surface area contributed by atoms with Crippen LogP contribution in [0.3, 0.4) is 0 Å². The van der Waals surface area contributed by atoms with Crippen LogP contribution in [0.2, 0.25) is 0 Å². The van der Waals surface area contributed by atoms with E-state index in [0.29, 0.717) is 0 Å². The third kappa shape index (κ3) is 1.90. The van der Waals surface area contributed by atoms with E-state index in [-0.39, 0.29) is 30.2 Å². The number of rotatable bonds is 1. The number of carbonyl (C=O) groups is 1. The lowest BCUT2D eigenvalue weighted by atomic mass is 10.0. The molecule has 0 radical (unpaired) electrons. The molecule has 1 heterocycles. The molecule has 3 atom stereocenters. The van der Waals surface area contributed by atoms with E-state index >= 15 is 0 Å². The number of nitrogens with zero attached hydrogens (tertiary/aromatic N) is 1. The molecule has 1 aliphatic heterocycles. The number of likely N-dealkylation sites (tertiary alicyclic amines) is 1. The lowest BCUT2D eigenvalue weighted by molar-refractivity contribution is 0.0126. The molecule has 1 N–H and O–H groups in total. The molecule has 1 saturated carbocycles. The summed E-state index contributed by atoms with van der Waals surface area (Å²) in [6.07, 6.45) is 1.66. The summed E-state index contributed by atoms with van der Waals surface area (Å²) in [6.45, 7) is 7.79. The van der Waals surface area contributed by atoms with E-state index in [2.05, 4.69) is 6.92 Å². The Bertz CT molecular complexity index is 310. The monoisotopic (exact) mass is 227 g/mol. The molecule has 2 fully saturated rings. The minimum Gasteiger partial charge on any atom is -0.444 e. The molecule has 0 aromatic carbocycles. The second kappa shape index (κ2) is 3.36. The Kier molecular flexibility index (Phi) is 2.46. The van der Waals surface area contributed by atoms with Crippen molar-refractivity contribution in [2.24, 2.45) is 5.41 Å². The van der Waals surface area contributed by atoms with Gasteiger partial charge in [-0.15, -0.1) is 0 Å². The largest absolute Gasteiger partial charge is 0.444 e. The van der Waals surface area contributed by atoms with Gasteiger partial charge in [-0.2, -0.15) is 0 Å². The maximum absolute atomic E-state index is 12.0. The zero-order chi connectivity index (χ0) is 12.1. The van der Waals surface area contributed by atoms with Crippen LogP contribution in [0.5, 0.6) is 0 Å². The molecule has 0 aromatic rings. The molecular weight excluding hydrogens is 206 g/mol. The molecule has 0 spiro atoms. The van der Waals surface area contributed by atoms with Crippen molar-refractivity contribution in [2.75, 3.05) is 6.61 Å². The number of fused-ring (bicyclic) bond motifs is 1. The van der Waals surface area contributed by atoms with Crippen molar-refractivity contribution in [3.05, 3.63) is 0 Å². The fraction of sp³-hybridized carbons (Fsp3) is 0.917. The molecule has 92 valence electrons. The predicted octanol–water partition coefficient (Wildman–Crippen LogP) is 1.77. The summed E-state index contributed by atoms with van der Waals surface area (Å²) in [4.78, 5) is 13.7. The topological polar surface area (TPSA) is 49.8 Å². The average molecular weight is 227 g/mol. The first kappa shape index (κ1) is 11.7. The van der Waals surface area contributed by atoms with Gasteiger partial charge in [0, 0.05) is 6.04 Å². The van der Waals surface area contributed by atoms with Gasteiger partial charge in [0.05, 0.1) is 12.6 Å². The summed E-state index contributed by atoms with van der Waals surface area (Å²) in [6, 6.07) is 0.220. The highest BCUT2D eigenvalue weighted by Gasteiger charge is 2.63. The van der Waals surface area contributed by atoms with Gasteiger partial charge in [0.25, 0.3) is 0 Å². The third-order valence-electron chi connectivity index (χ3n) is 3.55. The van der Waals surface area contributed by atoms with Crippen LogP contribution in [0.25, 0.3) is 0 Å². The fourth-order valence-electron chi connectivity index (χ4n) is 2.67. The summed E-state index contributed by atoms with van der Waals surface area (Å²) in [7, 11) is 0. The lowest BCUT2D eigenvalue weighted by Gasteiger charge is -2.29. The summed E-state index contributed by atoms with van der Waals surface area (Å²) in [5, 5.41) is 9.29. The molecule has 0 aromatic heterocycles. The van der Waals surface area contributed by atoms with Gasteiger partial charge < -0.3 is 9.84 Å². The summed E-state index contributed by atoms with van der Waals surface area (Å²) < 4.78 is 5.37. The molecule has 4 nitrogen and oxygen atoms in total. The van der Waals surface area contributed by atoms with Crippen molar-refractivity contribution in [3.63, 3.8) is 0 Å². The second-order valence-corrected chi connectivity index (χ2v) is 6.30. The van der Waals surface area contributed by atoms with Gasteiger partial charge in [-0.1, -0.05) is 6.92 Å². The fourth-order valence-corrected chi connectivity index (χ4v) is 2.67. The Morgan fingerprint density at radius 3 is 2.62 bits per heavy atom. The highest BCUT2D eigenvalue weighted by atomic mass is 16.6. The number of hydrogen-bond acceptors (Lipinski definition) is 3. The molecule has 0 unspecified atom stereocenters. The Labute approximate surface area is 96.6 Å². The maximum Gasteiger partial charge on any atom is 0.410 e. The van der Waals surface area contributed by atoms with Crippen molar-refractivity contribution in [2.45, 2.75) is 58.2 Å². The molecule has 1 aliphatic carbocycles. The molecule has 2 aliphatic rings. The second-order valence-electron chi connectivity index (χ2n) is 6.30. The van der Waals surface area contributed by atoms with Gasteiger partial charge in [0.1, 0.15) is 5.60 Å². The zero-order valence-electron chi connectivity index (χ0n) is 10.5. The van der Waals surface area contributed by atoms with Gasteiger partial charge in [0.15, 0.2) is 0 Å². The molecule has 1 saturated heterocycles. The van der Waals surface area contributed by atoms with E-state index in [1.54, 1.807) is 4.90 Å². The number of aliphatic hydroxyl groups is 1. The minimum absolute atomic E-state index is 0.0331. The van der Waals surface area contributed by atoms with Crippen LogP contribution in [0.4, 0.5) is 4.79 Å². The standard InChI is InChI=1S/C12H21NO3/c1-11(2,3)16-10(15)13-8(7-14)5-12(4)6-9(12)13/h8-9,14H,5-7H2,1-4H3/t8-,9+,12-/m0/s1. The van der Waals surface area contributed by atoms with Crippen LogP contribution in [0.1, 0.15) is 40.5 Å². The van der Waals surface area contributed by atoms with Gasteiger partial charge in [0.2, 0.25) is 0 Å². The quantitative estimate of drug-likeness (QED) is 0.742. The normalized spacial score (nSPS) is 37.2. The van der Waals surface area contributed by atoms with E-state index in [1.165, 1.54) is 0 Å². The van der Waals surface area contributed by atoms with Crippen molar-refractivity contribution >= 4 is 6.09 Å². The highest BCUT2D eigenvalue weighted by molar-refractivity contribution is 5.70. The molecule has 4 heteroatoms. The number of aliphatic hydroxyl groups excluding tert-OH is 1. The third-order valence-corrected chi connectivity index (χ3v) is 3.55. The van der Waals surface area contributed by atoms with E-state index < -0.39 is 5.60 Å². The van der Waals surface area contributed by atoms with E-state index in [9.17, 15) is 9.90 Å². The van der Waals surface area contributed by atoms with Crippen LogP contribution in [-0.2, 0) is 4.74 Å². The Hall–Kier alpha value is -0.770. The Morgan fingerprint density at radius 2 is 2.12 bits per heavy atom. The number of hydrogen-bond donors (Lipinski definition) is 1. The molecular formula is C12H21NO3. The first-order valence-electron chi connectivity index (χ1n) is 5.89. The summed E-state index contributed by atoms with van der Waals surface area (Å²) >= 11 is 0. The number of amides is 1. The van der Waals surface area contributed by atoms with Crippen molar-refractivity contribution < 1.29 is 14.6 Å². The van der Waals surface area contributed by atoms with Crippen LogP contribution < -0.4 is 0 Å². The van der Waals surface area contributed by atoms with Gasteiger partial charge in [-0.05, 0) is 39.0 Å². The van der Waals surface area contributed by atoms with E-state index in [1.807, 2.05) is 20.8 Å². The average Bonchev–Trinajstić information content (AvgIpc) is 2.65. The maximum atomic E-state index is 12.0. The number of ether oxygens (including phenoxy) is 1. The highest BCUT2D eigenvalue weighted by Crippen LogP contribution is 2.59. The lowest BCUT2D eigenvalue weighted by Crippen LogP contribution is -2.43. The predicted molar refractivity (Wildman–Crippen MR) is 60.1 cm³/mol. The van der Waals surface area contributed by atoms with Crippen molar-refractivity contribution in [1.29, 1.82) is 0 Å². The zero-order valence-corrected chi connectivity index (χ0v) is 10.5. The molecule has 1 amide bonds. The van der Waals surface area contributed by atoms with Crippen molar-refractivity contribution in [1.82, 2.24) is 4.90 Å². The minimum atomic E-state index is -0.467. The van der Waals surface area contributed by atoms with E-state index in [0.717, 1.165) is 12.8 Å². The number of carbonyl (C=O) groups excluding carboxylic acids is 1. The van der Waals surface area contributed by atoms with Gasteiger partial charge in [-0.3, -0.25) is 4.90 Å². The molecule has 2 rings (SSSR count). The first-order chi connectivity index (χ1) is 7.27. The molecule has 16 heavy (non-hydrogen) atoms. The SMILES string of the molecule is CC(C)(C)OC(=O)N1[C@H](CO)C[C@@]2(C)C[C@@H]12. The number of piperidine rings is 1. The van der Waals surface area contributed by atoms with Crippen molar-refractivity contribution in [3.8, 4) is 0 Å². The van der Waals surface area contributed by atoms with Crippen LogP contribution >= 0.6 is 0 Å². The summed E-state index contributed by atoms with van der Waals surface area (Å²) in [5.74, 6) is 0. The Balaban J connectivity index is 2.06. The summed E-state index contributed by atoms with van der Waals surface area (Å²) in [5.41, 5.74) is -0.241. The smallest absolute Gasteiger partial charge is 0.410 e. The van der Waals surface area contributed by atoms with Crippen LogP contribution in [0.15, 0.2) is 0 Å². The van der Waals surface area contributed by atoms with E-state index in [4.69, 9.17) is 4.74 Å². The van der Waals surface area contributed by atoms with Gasteiger partial charge >= 0.3 is 6.09 Å².